The third kappa shape index (κ3) is 3.21. The summed E-state index contributed by atoms with van der Waals surface area (Å²) in [6.07, 6.45) is 4.33. The van der Waals surface area contributed by atoms with Gasteiger partial charge in [0, 0.05) is 26.0 Å². The fourth-order valence-electron chi connectivity index (χ4n) is 2.47. The highest BCUT2D eigenvalue weighted by Gasteiger charge is 2.27. The van der Waals surface area contributed by atoms with Crippen molar-refractivity contribution >= 4 is 11.8 Å². The molecule has 0 aromatic carbocycles. The number of nitrogens with zero attached hydrogens (tertiary/aromatic N) is 4. The molecule has 0 saturated carbocycles. The molecule has 1 saturated heterocycles. The lowest BCUT2D eigenvalue weighted by Gasteiger charge is -2.32. The second kappa shape index (κ2) is 6.17. The number of pyridine rings is 1. The zero-order chi connectivity index (χ0) is 16.4. The molecule has 0 radical (unpaired) electrons. The number of morpholine rings is 1. The summed E-state index contributed by atoms with van der Waals surface area (Å²) in [4.78, 5) is 29.5. The van der Waals surface area contributed by atoms with Crippen molar-refractivity contribution in [3.8, 4) is 0 Å². The fraction of sp³-hybridized carbons (Fsp3) is 0.333. The second-order valence-electron chi connectivity index (χ2n) is 5.35. The van der Waals surface area contributed by atoms with E-state index in [4.69, 9.17) is 10.5 Å². The zero-order valence-electron chi connectivity index (χ0n) is 12.7. The number of carbonyl (C=O) groups is 2. The number of aromatic nitrogens is 3. The highest BCUT2D eigenvalue weighted by atomic mass is 16.5. The van der Waals surface area contributed by atoms with Crippen LogP contribution in [0.3, 0.4) is 0 Å². The maximum atomic E-state index is 12.5. The van der Waals surface area contributed by atoms with E-state index in [1.54, 1.807) is 41.2 Å². The number of carbonyl (C=O) groups excluding carboxylic acids is 2. The molecule has 0 unspecified atom stereocenters. The van der Waals surface area contributed by atoms with Crippen LogP contribution in [0.4, 0.5) is 0 Å². The van der Waals surface area contributed by atoms with E-state index in [2.05, 4.69) is 10.1 Å². The van der Waals surface area contributed by atoms with Gasteiger partial charge in [0.2, 0.25) is 5.91 Å². The SMILES string of the molecule is Cn1cc(C(=O)N2CCO[C@@H](c3ccc(C(N)=O)cn3)C2)cn1. The van der Waals surface area contributed by atoms with E-state index in [0.29, 0.717) is 36.5 Å². The van der Waals surface area contributed by atoms with Crippen LogP contribution in [-0.2, 0) is 11.8 Å². The smallest absolute Gasteiger partial charge is 0.257 e. The third-order valence-electron chi connectivity index (χ3n) is 3.71. The van der Waals surface area contributed by atoms with Gasteiger partial charge in [-0.05, 0) is 12.1 Å². The van der Waals surface area contributed by atoms with Gasteiger partial charge in [0.25, 0.3) is 5.91 Å². The van der Waals surface area contributed by atoms with Gasteiger partial charge >= 0.3 is 0 Å². The van der Waals surface area contributed by atoms with Gasteiger partial charge in [-0.2, -0.15) is 5.10 Å². The first-order valence-corrected chi connectivity index (χ1v) is 7.20. The summed E-state index contributed by atoms with van der Waals surface area (Å²) in [5, 5.41) is 4.02. The first-order chi connectivity index (χ1) is 11.0. The molecule has 3 heterocycles. The van der Waals surface area contributed by atoms with Crippen LogP contribution in [0.1, 0.15) is 32.5 Å². The van der Waals surface area contributed by atoms with Crippen molar-refractivity contribution in [1.82, 2.24) is 19.7 Å². The van der Waals surface area contributed by atoms with E-state index in [1.165, 1.54) is 6.20 Å². The molecule has 120 valence electrons. The van der Waals surface area contributed by atoms with Gasteiger partial charge in [-0.25, -0.2) is 0 Å². The van der Waals surface area contributed by atoms with Gasteiger partial charge in [0.05, 0.1) is 36.2 Å². The molecule has 1 aliphatic heterocycles. The zero-order valence-corrected chi connectivity index (χ0v) is 12.7. The van der Waals surface area contributed by atoms with Crippen molar-refractivity contribution in [1.29, 1.82) is 0 Å². The molecule has 3 rings (SSSR count). The van der Waals surface area contributed by atoms with Crippen molar-refractivity contribution in [3.63, 3.8) is 0 Å². The molecule has 0 spiro atoms. The first-order valence-electron chi connectivity index (χ1n) is 7.20. The average molecular weight is 315 g/mol. The lowest BCUT2D eigenvalue weighted by atomic mass is 10.1. The minimum absolute atomic E-state index is 0.0832. The fourth-order valence-corrected chi connectivity index (χ4v) is 2.47. The van der Waals surface area contributed by atoms with Crippen molar-refractivity contribution in [3.05, 3.63) is 47.5 Å². The number of hydrogen-bond acceptors (Lipinski definition) is 5. The molecular formula is C15H17N5O3. The molecule has 1 atom stereocenters. The van der Waals surface area contributed by atoms with Crippen molar-refractivity contribution < 1.29 is 14.3 Å². The Bertz CT molecular complexity index is 725. The standard InChI is InChI=1S/C15H17N5O3/c1-19-8-11(7-18-19)15(22)20-4-5-23-13(9-20)12-3-2-10(6-17-12)14(16)21/h2-3,6-8,13H,4-5,9H2,1H3,(H2,16,21)/t13-/m1/s1. The van der Waals surface area contributed by atoms with E-state index < -0.39 is 5.91 Å². The lowest BCUT2D eigenvalue weighted by Crippen LogP contribution is -2.42. The van der Waals surface area contributed by atoms with E-state index >= 15 is 0 Å². The maximum absolute atomic E-state index is 12.5. The van der Waals surface area contributed by atoms with Crippen LogP contribution in [-0.4, -0.2) is 51.2 Å². The second-order valence-corrected chi connectivity index (χ2v) is 5.35. The molecule has 1 fully saturated rings. The van der Waals surface area contributed by atoms with Crippen molar-refractivity contribution in [2.24, 2.45) is 12.8 Å². The quantitative estimate of drug-likeness (QED) is 0.867. The minimum atomic E-state index is -0.526. The number of ether oxygens (including phenoxy) is 1. The molecular weight excluding hydrogens is 298 g/mol. The van der Waals surface area contributed by atoms with Crippen LogP contribution >= 0.6 is 0 Å². The third-order valence-corrected chi connectivity index (χ3v) is 3.71. The number of rotatable bonds is 3. The van der Waals surface area contributed by atoms with Crippen LogP contribution in [0.2, 0.25) is 0 Å². The molecule has 2 amide bonds. The van der Waals surface area contributed by atoms with Gasteiger partial charge in [-0.15, -0.1) is 0 Å². The molecule has 2 aromatic heterocycles. The Balaban J connectivity index is 1.72. The van der Waals surface area contributed by atoms with Gasteiger partial charge in [0.1, 0.15) is 6.10 Å². The Morgan fingerprint density at radius 3 is 2.74 bits per heavy atom. The molecule has 1 aliphatic rings. The van der Waals surface area contributed by atoms with E-state index in [0.717, 1.165) is 0 Å². The summed E-state index contributed by atoms with van der Waals surface area (Å²) in [5.41, 5.74) is 6.75. The number of hydrogen-bond donors (Lipinski definition) is 1. The molecule has 8 heteroatoms. The predicted molar refractivity (Wildman–Crippen MR) is 80.6 cm³/mol. The van der Waals surface area contributed by atoms with Crippen LogP contribution in [0.5, 0.6) is 0 Å². The summed E-state index contributed by atoms with van der Waals surface area (Å²) < 4.78 is 7.28. The summed E-state index contributed by atoms with van der Waals surface area (Å²) in [7, 11) is 1.77. The number of amides is 2. The summed E-state index contributed by atoms with van der Waals surface area (Å²) in [6, 6.07) is 3.30. The molecule has 2 N–H and O–H groups in total. The van der Waals surface area contributed by atoms with Crippen LogP contribution < -0.4 is 5.73 Å². The van der Waals surface area contributed by atoms with Crippen molar-refractivity contribution in [2.75, 3.05) is 19.7 Å². The van der Waals surface area contributed by atoms with Crippen LogP contribution in [0.25, 0.3) is 0 Å². The van der Waals surface area contributed by atoms with Gasteiger partial charge in [0.15, 0.2) is 0 Å². The van der Waals surface area contributed by atoms with Crippen LogP contribution in [0, 0.1) is 0 Å². The first kappa shape index (κ1) is 15.2. The van der Waals surface area contributed by atoms with Crippen LogP contribution in [0.15, 0.2) is 30.7 Å². The molecule has 8 nitrogen and oxygen atoms in total. The summed E-state index contributed by atoms with van der Waals surface area (Å²) in [5.74, 6) is -0.609. The highest BCUT2D eigenvalue weighted by molar-refractivity contribution is 5.94. The minimum Gasteiger partial charge on any atom is -0.368 e. The van der Waals surface area contributed by atoms with E-state index in [1.807, 2.05) is 0 Å². The number of nitrogens with two attached hydrogens (primary N) is 1. The van der Waals surface area contributed by atoms with E-state index in [9.17, 15) is 9.59 Å². The topological polar surface area (TPSA) is 103 Å². The lowest BCUT2D eigenvalue weighted by molar-refractivity contribution is -0.0247. The van der Waals surface area contributed by atoms with Gasteiger partial charge < -0.3 is 15.4 Å². The molecule has 0 bridgehead atoms. The molecule has 0 aliphatic carbocycles. The Morgan fingerprint density at radius 2 is 2.13 bits per heavy atom. The normalized spacial score (nSPS) is 18.0. The predicted octanol–water partition coefficient (Wildman–Crippen LogP) is 0.128. The van der Waals surface area contributed by atoms with Crippen molar-refractivity contribution in [2.45, 2.75) is 6.10 Å². The Kier molecular flexibility index (Phi) is 4.07. The van der Waals surface area contributed by atoms with E-state index in [-0.39, 0.29) is 12.0 Å². The Hall–Kier alpha value is -2.74. The largest absolute Gasteiger partial charge is 0.368 e. The Morgan fingerprint density at radius 1 is 1.30 bits per heavy atom. The average Bonchev–Trinajstić information content (AvgIpc) is 3.01. The molecule has 23 heavy (non-hydrogen) atoms. The van der Waals surface area contributed by atoms with Gasteiger partial charge in [-0.3, -0.25) is 19.3 Å². The highest BCUT2D eigenvalue weighted by Crippen LogP contribution is 2.22. The molecule has 2 aromatic rings. The summed E-state index contributed by atoms with van der Waals surface area (Å²) in [6.45, 7) is 1.34. The number of primary amides is 1. The summed E-state index contributed by atoms with van der Waals surface area (Å²) >= 11 is 0. The maximum Gasteiger partial charge on any atom is 0.257 e. The number of aryl methyl sites for hydroxylation is 1. The Labute approximate surface area is 132 Å². The van der Waals surface area contributed by atoms with Gasteiger partial charge in [-0.1, -0.05) is 0 Å². The monoisotopic (exact) mass is 315 g/mol.